The number of benzene rings is 2. The zero-order chi connectivity index (χ0) is 16.6. The number of rotatable bonds is 3. The second-order valence-corrected chi connectivity index (χ2v) is 5.72. The fourth-order valence-corrected chi connectivity index (χ4v) is 3.11. The number of carbonyl (C=O) groups excluding carboxylic acids is 1. The number of nitro benzene ring substituents is 1. The topological polar surface area (TPSA) is 92.5 Å². The summed E-state index contributed by atoms with van der Waals surface area (Å²) in [5, 5.41) is 23.9. The summed E-state index contributed by atoms with van der Waals surface area (Å²) < 4.78 is 0. The van der Waals surface area contributed by atoms with Gasteiger partial charge in [0.15, 0.2) is 0 Å². The van der Waals surface area contributed by atoms with E-state index in [0.29, 0.717) is 6.42 Å². The molecule has 0 aromatic heterocycles. The number of hydrogen-bond donors (Lipinski definition) is 2. The number of nitrogens with one attached hydrogen (secondary N) is 1. The average molecular weight is 333 g/mol. The maximum atomic E-state index is 12.5. The van der Waals surface area contributed by atoms with Crippen molar-refractivity contribution in [2.24, 2.45) is 0 Å². The molecule has 2 atom stereocenters. The van der Waals surface area contributed by atoms with Crippen molar-refractivity contribution in [3.05, 3.63) is 74.3 Å². The molecule has 0 fully saturated rings. The second kappa shape index (κ2) is 5.98. The van der Waals surface area contributed by atoms with Gasteiger partial charge in [-0.1, -0.05) is 41.9 Å². The van der Waals surface area contributed by atoms with Gasteiger partial charge in [-0.15, -0.1) is 0 Å². The Hall–Kier alpha value is -2.44. The van der Waals surface area contributed by atoms with E-state index in [9.17, 15) is 20.0 Å². The first-order chi connectivity index (χ1) is 11.0. The number of nitro groups is 1. The number of hydrogen-bond acceptors (Lipinski definition) is 4. The number of fused-ring (bicyclic) bond motifs is 1. The standard InChI is InChI=1S/C16H13ClN2O4/c17-11-6-3-7-12(19(22)23)14(11)16(21)18-15-10-5-2-1-4-9(10)8-13(15)20/h1-7,13,15,20H,8H2,(H,18,21)/t13-,15-/m0/s1. The van der Waals surface area contributed by atoms with Crippen molar-refractivity contribution < 1.29 is 14.8 Å². The predicted octanol–water partition coefficient (Wildman–Crippen LogP) is 2.64. The van der Waals surface area contributed by atoms with Crippen molar-refractivity contribution >= 4 is 23.2 Å². The maximum absolute atomic E-state index is 12.5. The van der Waals surface area contributed by atoms with Gasteiger partial charge in [0.2, 0.25) is 0 Å². The van der Waals surface area contributed by atoms with Crippen molar-refractivity contribution in [1.82, 2.24) is 5.32 Å². The number of aliphatic hydroxyl groups excluding tert-OH is 1. The van der Waals surface area contributed by atoms with Crippen LogP contribution in [0.25, 0.3) is 0 Å². The summed E-state index contributed by atoms with van der Waals surface area (Å²) in [7, 11) is 0. The van der Waals surface area contributed by atoms with Crippen LogP contribution in [0, 0.1) is 10.1 Å². The Bertz CT molecular complexity index is 793. The van der Waals surface area contributed by atoms with E-state index in [2.05, 4.69) is 5.32 Å². The molecule has 2 aromatic rings. The van der Waals surface area contributed by atoms with E-state index in [-0.39, 0.29) is 16.3 Å². The molecule has 0 spiro atoms. The van der Waals surface area contributed by atoms with Gasteiger partial charge in [0.25, 0.3) is 11.6 Å². The molecule has 2 aromatic carbocycles. The van der Waals surface area contributed by atoms with Gasteiger partial charge in [0.05, 0.1) is 22.1 Å². The Morgan fingerprint density at radius 1 is 1.26 bits per heavy atom. The average Bonchev–Trinajstić information content (AvgIpc) is 2.83. The lowest BCUT2D eigenvalue weighted by Crippen LogP contribution is -2.34. The van der Waals surface area contributed by atoms with E-state index in [1.54, 1.807) is 0 Å². The molecule has 0 saturated carbocycles. The molecule has 0 bridgehead atoms. The normalized spacial score (nSPS) is 19.2. The number of aliphatic hydroxyl groups is 1. The van der Waals surface area contributed by atoms with Crippen molar-refractivity contribution in [2.75, 3.05) is 0 Å². The summed E-state index contributed by atoms with van der Waals surface area (Å²) in [6.45, 7) is 0. The third-order valence-corrected chi connectivity index (χ3v) is 4.22. The smallest absolute Gasteiger partial charge is 0.283 e. The fraction of sp³-hybridized carbons (Fsp3) is 0.188. The Kier molecular flexibility index (Phi) is 4.02. The largest absolute Gasteiger partial charge is 0.390 e. The van der Waals surface area contributed by atoms with Crippen molar-refractivity contribution in [1.29, 1.82) is 0 Å². The Labute approximate surface area is 136 Å². The van der Waals surface area contributed by atoms with Gasteiger partial charge < -0.3 is 10.4 Å². The lowest BCUT2D eigenvalue weighted by atomic mass is 10.1. The van der Waals surface area contributed by atoms with Crippen LogP contribution in [0.2, 0.25) is 5.02 Å². The summed E-state index contributed by atoms with van der Waals surface area (Å²) >= 11 is 5.96. The van der Waals surface area contributed by atoms with E-state index in [0.717, 1.165) is 11.1 Å². The van der Waals surface area contributed by atoms with Gasteiger partial charge in [0, 0.05) is 12.5 Å². The van der Waals surface area contributed by atoms with Crippen LogP contribution in [0.4, 0.5) is 5.69 Å². The van der Waals surface area contributed by atoms with Gasteiger partial charge in [-0.3, -0.25) is 14.9 Å². The maximum Gasteiger partial charge on any atom is 0.283 e. The first kappa shape index (κ1) is 15.5. The highest BCUT2D eigenvalue weighted by Gasteiger charge is 2.34. The molecular weight excluding hydrogens is 320 g/mol. The molecule has 3 rings (SSSR count). The van der Waals surface area contributed by atoms with Crippen LogP contribution in [-0.4, -0.2) is 22.0 Å². The van der Waals surface area contributed by atoms with Crippen LogP contribution in [0.5, 0.6) is 0 Å². The van der Waals surface area contributed by atoms with Gasteiger partial charge in [-0.05, 0) is 17.2 Å². The monoisotopic (exact) mass is 332 g/mol. The summed E-state index contributed by atoms with van der Waals surface area (Å²) in [6, 6.07) is 10.8. The molecule has 0 radical (unpaired) electrons. The van der Waals surface area contributed by atoms with Crippen molar-refractivity contribution in [3.8, 4) is 0 Å². The minimum Gasteiger partial charge on any atom is -0.390 e. The fourth-order valence-electron chi connectivity index (χ4n) is 2.85. The van der Waals surface area contributed by atoms with E-state index < -0.39 is 23.0 Å². The lowest BCUT2D eigenvalue weighted by Gasteiger charge is -2.18. The Balaban J connectivity index is 1.93. The minimum absolute atomic E-state index is 0.00234. The Morgan fingerprint density at radius 3 is 2.74 bits per heavy atom. The molecule has 1 aliphatic rings. The summed E-state index contributed by atoms with van der Waals surface area (Å²) in [4.78, 5) is 22.9. The highest BCUT2D eigenvalue weighted by Crippen LogP contribution is 2.33. The number of halogens is 1. The van der Waals surface area contributed by atoms with E-state index in [4.69, 9.17) is 11.6 Å². The third kappa shape index (κ3) is 2.78. The Morgan fingerprint density at radius 2 is 2.00 bits per heavy atom. The summed E-state index contributed by atoms with van der Waals surface area (Å²) in [6.07, 6.45) is -0.357. The molecular formula is C16H13ClN2O4. The molecule has 0 aliphatic heterocycles. The van der Waals surface area contributed by atoms with Crippen molar-refractivity contribution in [2.45, 2.75) is 18.6 Å². The SMILES string of the molecule is O=C(N[C@H]1c2ccccc2C[C@@H]1O)c1c(Cl)cccc1[N+](=O)[O-]. The van der Waals surface area contributed by atoms with Crippen molar-refractivity contribution in [3.63, 3.8) is 0 Å². The van der Waals surface area contributed by atoms with E-state index in [1.165, 1.54) is 18.2 Å². The molecule has 23 heavy (non-hydrogen) atoms. The molecule has 7 heteroatoms. The van der Waals surface area contributed by atoms with E-state index in [1.807, 2.05) is 24.3 Å². The van der Waals surface area contributed by atoms with Gasteiger partial charge in [-0.2, -0.15) is 0 Å². The number of nitrogens with zero attached hydrogens (tertiary/aromatic N) is 1. The molecule has 1 amide bonds. The van der Waals surface area contributed by atoms with Gasteiger partial charge in [-0.25, -0.2) is 0 Å². The molecule has 0 unspecified atom stereocenters. The highest BCUT2D eigenvalue weighted by molar-refractivity contribution is 6.34. The molecule has 118 valence electrons. The summed E-state index contributed by atoms with van der Waals surface area (Å²) in [5.74, 6) is -0.678. The quantitative estimate of drug-likeness (QED) is 0.667. The number of carbonyl (C=O) groups is 1. The molecule has 2 N–H and O–H groups in total. The summed E-state index contributed by atoms with van der Waals surface area (Å²) in [5.41, 5.74) is 1.19. The second-order valence-electron chi connectivity index (χ2n) is 5.31. The van der Waals surface area contributed by atoms with Crippen LogP contribution < -0.4 is 5.32 Å². The minimum atomic E-state index is -0.780. The van der Waals surface area contributed by atoms with Gasteiger partial charge in [0.1, 0.15) is 5.56 Å². The predicted molar refractivity (Wildman–Crippen MR) is 84.5 cm³/mol. The zero-order valence-electron chi connectivity index (χ0n) is 11.9. The highest BCUT2D eigenvalue weighted by atomic mass is 35.5. The van der Waals surface area contributed by atoms with E-state index >= 15 is 0 Å². The van der Waals surface area contributed by atoms with Gasteiger partial charge >= 0.3 is 0 Å². The van der Waals surface area contributed by atoms with Crippen LogP contribution in [-0.2, 0) is 6.42 Å². The first-order valence-electron chi connectivity index (χ1n) is 6.98. The van der Waals surface area contributed by atoms with Crippen LogP contribution in [0.3, 0.4) is 0 Å². The van der Waals surface area contributed by atoms with Crippen LogP contribution in [0.1, 0.15) is 27.5 Å². The zero-order valence-corrected chi connectivity index (χ0v) is 12.7. The molecule has 0 heterocycles. The lowest BCUT2D eigenvalue weighted by molar-refractivity contribution is -0.385. The van der Waals surface area contributed by atoms with Crippen LogP contribution >= 0.6 is 11.6 Å². The number of amides is 1. The molecule has 1 aliphatic carbocycles. The molecule has 0 saturated heterocycles. The first-order valence-corrected chi connectivity index (χ1v) is 7.36. The van der Waals surface area contributed by atoms with Crippen LogP contribution in [0.15, 0.2) is 42.5 Å². The molecule has 6 nitrogen and oxygen atoms in total. The third-order valence-electron chi connectivity index (χ3n) is 3.91.